The first kappa shape index (κ1) is 29.0. The average molecular weight is 518 g/mol. The molecule has 0 fully saturated rings. The third kappa shape index (κ3) is 11.0. The van der Waals surface area contributed by atoms with Crippen LogP contribution in [0.5, 0.6) is 11.5 Å². The summed E-state index contributed by atoms with van der Waals surface area (Å²) in [4.78, 5) is 12.1. The fraction of sp³-hybridized carbons (Fsp3) is 0.269. The molecule has 5 N–H and O–H groups in total. The third-order valence-electron chi connectivity index (χ3n) is 5.27. The van der Waals surface area contributed by atoms with Gasteiger partial charge in [0.2, 0.25) is 0 Å². The second kappa shape index (κ2) is 13.1. The van der Waals surface area contributed by atoms with Gasteiger partial charge in [0.15, 0.2) is 0 Å². The summed E-state index contributed by atoms with van der Waals surface area (Å²) in [5, 5.41) is 23.9. The minimum Gasteiger partial charge on any atom is -0.508 e. The molecule has 0 aromatic heterocycles. The largest absolute Gasteiger partial charge is 0.508 e. The zero-order valence-corrected chi connectivity index (χ0v) is 20.9. The van der Waals surface area contributed by atoms with Crippen molar-refractivity contribution >= 4 is 16.4 Å². The molecule has 194 valence electrons. The number of aliphatic hydroxyl groups is 1. The van der Waals surface area contributed by atoms with E-state index in [2.05, 4.69) is 19.2 Å². The number of rotatable bonds is 9. The lowest BCUT2D eigenvalue weighted by Crippen LogP contribution is -2.42. The van der Waals surface area contributed by atoms with E-state index in [0.29, 0.717) is 23.6 Å². The maximum atomic E-state index is 12.1. The Kier molecular flexibility index (Phi) is 10.6. The van der Waals surface area contributed by atoms with Crippen molar-refractivity contribution in [2.75, 3.05) is 6.54 Å². The monoisotopic (exact) mass is 517 g/mol. The van der Waals surface area contributed by atoms with E-state index in [-0.39, 0.29) is 5.54 Å². The number of aromatic hydroxyl groups is 1. The number of phenols is 1. The van der Waals surface area contributed by atoms with Gasteiger partial charge in [0.25, 0.3) is 0 Å². The Morgan fingerprint density at radius 1 is 0.944 bits per heavy atom. The second-order valence-electron chi connectivity index (χ2n) is 8.68. The van der Waals surface area contributed by atoms with Crippen LogP contribution in [-0.4, -0.2) is 45.8 Å². The normalized spacial score (nSPS) is 12.2. The molecule has 1 atom stereocenters. The highest BCUT2D eigenvalue weighted by Gasteiger charge is 2.20. The van der Waals surface area contributed by atoms with E-state index in [1.807, 2.05) is 24.3 Å². The third-order valence-corrected chi connectivity index (χ3v) is 5.27. The number of hydrogen-bond acceptors (Lipinski definition) is 7. The van der Waals surface area contributed by atoms with E-state index in [0.717, 1.165) is 24.0 Å². The van der Waals surface area contributed by atoms with Crippen molar-refractivity contribution in [3.8, 4) is 11.5 Å². The molecule has 3 rings (SSSR count). The Bertz CT molecular complexity index is 1200. The summed E-state index contributed by atoms with van der Waals surface area (Å²) in [6.45, 7) is 4.54. The number of β-amino-alcohol motifs (C(OH)–C–C–N with tert-alkyl or cyclic N) is 1. The van der Waals surface area contributed by atoms with Crippen LogP contribution < -0.4 is 10.1 Å². The Morgan fingerprint density at radius 3 is 2.08 bits per heavy atom. The van der Waals surface area contributed by atoms with Gasteiger partial charge >= 0.3 is 16.4 Å². The predicted octanol–water partition coefficient (Wildman–Crippen LogP) is 3.99. The van der Waals surface area contributed by atoms with Crippen LogP contribution in [0.25, 0.3) is 0 Å². The standard InChI is InChI=1S/C26H29NO4.H2O4S/c1-26(2,17-16-19-8-6-7-11-23(19)28)27-18-24(29)20-12-14-22(15-13-20)31-25(30)21-9-4-3-5-10-21;1-5(2,3)4/h3-15,24,27-29H,16-18H2,1-2H3;(H2,1,2,3,4). The van der Waals surface area contributed by atoms with Crippen LogP contribution in [0.1, 0.15) is 47.9 Å². The molecule has 0 saturated heterocycles. The van der Waals surface area contributed by atoms with Gasteiger partial charge in [0, 0.05) is 12.1 Å². The van der Waals surface area contributed by atoms with Gasteiger partial charge in [-0.1, -0.05) is 48.5 Å². The number of carbonyl (C=O) groups is 1. The molecule has 0 aliphatic heterocycles. The molecular formula is C26H31NO8S. The molecule has 0 aliphatic rings. The van der Waals surface area contributed by atoms with Crippen LogP contribution in [0.4, 0.5) is 0 Å². The molecule has 0 heterocycles. The fourth-order valence-electron chi connectivity index (χ4n) is 3.25. The SMILES string of the molecule is CC(C)(CCc1ccccc1O)NCC(O)c1ccc(OC(=O)c2ccccc2)cc1.O=S(=O)(O)O. The molecule has 0 bridgehead atoms. The maximum Gasteiger partial charge on any atom is 0.394 e. The van der Waals surface area contributed by atoms with Gasteiger partial charge in [-0.05, 0) is 68.1 Å². The van der Waals surface area contributed by atoms with Gasteiger partial charge in [-0.3, -0.25) is 9.11 Å². The highest BCUT2D eigenvalue weighted by atomic mass is 32.3. The summed E-state index contributed by atoms with van der Waals surface area (Å²) >= 11 is 0. The molecule has 0 radical (unpaired) electrons. The number of ether oxygens (including phenoxy) is 1. The molecule has 10 heteroatoms. The highest BCUT2D eigenvalue weighted by molar-refractivity contribution is 7.79. The molecule has 0 spiro atoms. The molecule has 3 aromatic rings. The van der Waals surface area contributed by atoms with Gasteiger partial charge in [-0.15, -0.1) is 0 Å². The van der Waals surface area contributed by atoms with Crippen molar-refractivity contribution in [1.82, 2.24) is 5.32 Å². The number of nitrogens with one attached hydrogen (secondary N) is 1. The van der Waals surface area contributed by atoms with Gasteiger partial charge in [-0.2, -0.15) is 8.42 Å². The highest BCUT2D eigenvalue weighted by Crippen LogP contribution is 2.22. The molecule has 3 aromatic carbocycles. The van der Waals surface area contributed by atoms with Crippen LogP contribution in [0.15, 0.2) is 78.9 Å². The lowest BCUT2D eigenvalue weighted by Gasteiger charge is -2.28. The fourth-order valence-corrected chi connectivity index (χ4v) is 3.25. The van der Waals surface area contributed by atoms with Gasteiger partial charge in [0.05, 0.1) is 11.7 Å². The predicted molar refractivity (Wildman–Crippen MR) is 135 cm³/mol. The Labute approximate surface area is 211 Å². The number of hydrogen-bond donors (Lipinski definition) is 5. The van der Waals surface area contributed by atoms with Crippen LogP contribution in [0, 0.1) is 0 Å². The number of aliphatic hydroxyl groups excluding tert-OH is 1. The van der Waals surface area contributed by atoms with E-state index in [1.54, 1.807) is 54.6 Å². The zero-order chi connectivity index (χ0) is 26.8. The quantitative estimate of drug-likeness (QED) is 0.161. The number of para-hydroxylation sites is 1. The minimum absolute atomic E-state index is 0.214. The number of aryl methyl sites for hydroxylation is 1. The number of phenolic OH excluding ortho intramolecular Hbond substituents is 1. The van der Waals surface area contributed by atoms with Crippen molar-refractivity contribution in [2.24, 2.45) is 0 Å². The van der Waals surface area contributed by atoms with E-state index < -0.39 is 22.5 Å². The summed E-state index contributed by atoms with van der Waals surface area (Å²) < 4.78 is 37.0. The molecule has 36 heavy (non-hydrogen) atoms. The molecular weight excluding hydrogens is 486 g/mol. The number of esters is 1. The summed E-state index contributed by atoms with van der Waals surface area (Å²) in [6.07, 6.45) is 0.860. The maximum absolute atomic E-state index is 12.1. The first-order chi connectivity index (χ1) is 16.8. The van der Waals surface area contributed by atoms with E-state index in [1.165, 1.54) is 0 Å². The lowest BCUT2D eigenvalue weighted by atomic mass is 9.94. The number of carbonyl (C=O) groups excluding carboxylic acids is 1. The molecule has 0 amide bonds. The summed E-state index contributed by atoms with van der Waals surface area (Å²) in [7, 11) is -4.67. The molecule has 0 saturated carbocycles. The molecule has 1 unspecified atom stereocenters. The molecule has 0 aliphatic carbocycles. The van der Waals surface area contributed by atoms with Crippen molar-refractivity contribution in [2.45, 2.75) is 38.3 Å². The van der Waals surface area contributed by atoms with E-state index >= 15 is 0 Å². The van der Waals surface area contributed by atoms with Gasteiger partial charge in [0.1, 0.15) is 11.5 Å². The van der Waals surface area contributed by atoms with Crippen LogP contribution >= 0.6 is 0 Å². The number of benzene rings is 3. The first-order valence-corrected chi connectivity index (χ1v) is 12.5. The smallest absolute Gasteiger partial charge is 0.394 e. The summed E-state index contributed by atoms with van der Waals surface area (Å²) in [6, 6.07) is 23.0. The van der Waals surface area contributed by atoms with Crippen LogP contribution in [0.3, 0.4) is 0 Å². The first-order valence-electron chi connectivity index (χ1n) is 11.1. The van der Waals surface area contributed by atoms with Crippen molar-refractivity contribution in [3.63, 3.8) is 0 Å². The second-order valence-corrected chi connectivity index (χ2v) is 9.58. The Morgan fingerprint density at radius 2 is 1.50 bits per heavy atom. The van der Waals surface area contributed by atoms with Crippen molar-refractivity contribution in [3.05, 3.63) is 95.6 Å². The van der Waals surface area contributed by atoms with Crippen molar-refractivity contribution in [1.29, 1.82) is 0 Å². The Hall–Kier alpha value is -3.28. The van der Waals surface area contributed by atoms with Crippen molar-refractivity contribution < 1.29 is 37.3 Å². The lowest BCUT2D eigenvalue weighted by molar-refractivity contribution is 0.0734. The van der Waals surface area contributed by atoms with Gasteiger partial charge in [-0.25, -0.2) is 4.79 Å². The van der Waals surface area contributed by atoms with Crippen LogP contribution in [-0.2, 0) is 16.8 Å². The van der Waals surface area contributed by atoms with E-state index in [4.69, 9.17) is 22.3 Å². The van der Waals surface area contributed by atoms with E-state index in [9.17, 15) is 15.0 Å². The average Bonchev–Trinajstić information content (AvgIpc) is 2.82. The zero-order valence-electron chi connectivity index (χ0n) is 20.0. The Balaban J connectivity index is 0.000000830. The summed E-state index contributed by atoms with van der Waals surface area (Å²) in [5.41, 5.74) is 1.93. The molecule has 9 nitrogen and oxygen atoms in total. The summed E-state index contributed by atoms with van der Waals surface area (Å²) in [5.74, 6) is 0.328. The van der Waals surface area contributed by atoms with Gasteiger partial charge < -0.3 is 20.3 Å². The van der Waals surface area contributed by atoms with Crippen LogP contribution in [0.2, 0.25) is 0 Å². The topological polar surface area (TPSA) is 153 Å². The minimum atomic E-state index is -4.67.